The van der Waals surface area contributed by atoms with E-state index in [4.69, 9.17) is 5.11 Å². The second-order valence-electron chi connectivity index (χ2n) is 3.54. The van der Waals surface area contributed by atoms with Crippen LogP contribution < -0.4 is 0 Å². The molecule has 2 aromatic rings. The minimum atomic E-state index is -1.24. The van der Waals surface area contributed by atoms with Gasteiger partial charge < -0.3 is 5.11 Å². The maximum atomic E-state index is 10.9. The monoisotopic (exact) mass is 248 g/mol. The van der Waals surface area contributed by atoms with Crippen LogP contribution in [0, 0.1) is 17.0 Å². The fourth-order valence-electron chi connectivity index (χ4n) is 1.57. The van der Waals surface area contributed by atoms with Gasteiger partial charge in [0.1, 0.15) is 12.7 Å². The summed E-state index contributed by atoms with van der Waals surface area (Å²) in [5.41, 5.74) is 0.216. The molecule has 0 fully saturated rings. The Morgan fingerprint density at radius 1 is 1.50 bits per heavy atom. The molecule has 0 radical (unpaired) electrons. The van der Waals surface area contributed by atoms with Crippen molar-refractivity contribution in [3.8, 4) is 5.69 Å². The molecule has 0 spiro atoms. The molecule has 1 heterocycles. The number of rotatable bonds is 3. The topological polar surface area (TPSA) is 111 Å². The van der Waals surface area contributed by atoms with E-state index in [9.17, 15) is 14.9 Å². The number of carboxylic acids is 1. The summed E-state index contributed by atoms with van der Waals surface area (Å²) >= 11 is 0. The Labute approximate surface area is 101 Å². The number of hydrogen-bond acceptors (Lipinski definition) is 5. The second kappa shape index (κ2) is 4.24. The predicted molar refractivity (Wildman–Crippen MR) is 59.7 cm³/mol. The van der Waals surface area contributed by atoms with E-state index < -0.39 is 10.9 Å². The highest BCUT2D eigenvalue weighted by molar-refractivity contribution is 5.89. The van der Waals surface area contributed by atoms with Crippen LogP contribution in [0.5, 0.6) is 0 Å². The zero-order valence-corrected chi connectivity index (χ0v) is 9.27. The first kappa shape index (κ1) is 11.7. The molecule has 18 heavy (non-hydrogen) atoms. The zero-order valence-electron chi connectivity index (χ0n) is 9.27. The first-order valence-corrected chi connectivity index (χ1v) is 4.88. The number of aromatic carboxylic acids is 1. The number of nitrogens with zero attached hydrogens (tertiary/aromatic N) is 4. The van der Waals surface area contributed by atoms with Crippen molar-refractivity contribution in [2.75, 3.05) is 0 Å². The van der Waals surface area contributed by atoms with Crippen molar-refractivity contribution in [2.45, 2.75) is 6.92 Å². The molecule has 1 aromatic heterocycles. The lowest BCUT2D eigenvalue weighted by Crippen LogP contribution is -2.06. The van der Waals surface area contributed by atoms with Crippen LogP contribution in [-0.4, -0.2) is 30.8 Å². The van der Waals surface area contributed by atoms with Crippen LogP contribution >= 0.6 is 0 Å². The standard InChI is InChI=1S/C10H8N4O4/c1-6-8(13-5-11-4-12-13)2-7(10(15)16)3-9(6)14(17)18/h2-5H,1H3,(H,15,16). The molecular weight excluding hydrogens is 240 g/mol. The van der Waals surface area contributed by atoms with Gasteiger partial charge in [-0.25, -0.2) is 14.5 Å². The normalized spacial score (nSPS) is 10.3. The maximum absolute atomic E-state index is 10.9. The second-order valence-corrected chi connectivity index (χ2v) is 3.54. The quantitative estimate of drug-likeness (QED) is 0.644. The van der Waals surface area contributed by atoms with Crippen molar-refractivity contribution >= 4 is 11.7 Å². The third-order valence-electron chi connectivity index (χ3n) is 2.46. The Bertz CT molecular complexity index is 621. The molecule has 0 bridgehead atoms. The number of benzene rings is 1. The zero-order chi connectivity index (χ0) is 13.3. The van der Waals surface area contributed by atoms with Gasteiger partial charge in [0.15, 0.2) is 0 Å². The van der Waals surface area contributed by atoms with E-state index in [0.29, 0.717) is 11.3 Å². The van der Waals surface area contributed by atoms with Gasteiger partial charge in [0, 0.05) is 6.07 Å². The van der Waals surface area contributed by atoms with Gasteiger partial charge in [0.05, 0.1) is 21.7 Å². The van der Waals surface area contributed by atoms with Crippen molar-refractivity contribution in [1.82, 2.24) is 14.8 Å². The minimum absolute atomic E-state index is 0.169. The van der Waals surface area contributed by atoms with Crippen LogP contribution in [0.15, 0.2) is 24.8 Å². The Morgan fingerprint density at radius 2 is 2.22 bits per heavy atom. The number of nitro benzene ring substituents is 1. The lowest BCUT2D eigenvalue weighted by molar-refractivity contribution is -0.385. The van der Waals surface area contributed by atoms with Gasteiger partial charge in [-0.05, 0) is 13.0 Å². The molecule has 1 aromatic carbocycles. The van der Waals surface area contributed by atoms with Crippen LogP contribution in [0.4, 0.5) is 5.69 Å². The summed E-state index contributed by atoms with van der Waals surface area (Å²) in [4.78, 5) is 24.9. The van der Waals surface area contributed by atoms with E-state index in [2.05, 4.69) is 10.1 Å². The van der Waals surface area contributed by atoms with Crippen LogP contribution in [0.1, 0.15) is 15.9 Å². The average Bonchev–Trinajstić information content (AvgIpc) is 2.81. The Morgan fingerprint density at radius 3 is 2.72 bits per heavy atom. The van der Waals surface area contributed by atoms with E-state index in [0.717, 1.165) is 6.07 Å². The molecule has 8 heteroatoms. The van der Waals surface area contributed by atoms with Crippen molar-refractivity contribution < 1.29 is 14.8 Å². The molecule has 0 saturated heterocycles. The van der Waals surface area contributed by atoms with Crippen LogP contribution in [0.2, 0.25) is 0 Å². The Balaban J connectivity index is 2.72. The number of carboxylic acid groups (broad SMARTS) is 1. The van der Waals surface area contributed by atoms with E-state index in [1.165, 1.54) is 30.3 Å². The molecule has 0 aliphatic carbocycles. The fraction of sp³-hybridized carbons (Fsp3) is 0.100. The van der Waals surface area contributed by atoms with Gasteiger partial charge in [0.2, 0.25) is 0 Å². The third-order valence-corrected chi connectivity index (χ3v) is 2.46. The SMILES string of the molecule is Cc1c(-n2cncn2)cc(C(=O)O)cc1[N+](=O)[O-]. The summed E-state index contributed by atoms with van der Waals surface area (Å²) in [5, 5.41) is 23.7. The van der Waals surface area contributed by atoms with Crippen molar-refractivity contribution in [1.29, 1.82) is 0 Å². The molecular formula is C10H8N4O4. The Hall–Kier alpha value is -2.77. The first-order chi connectivity index (χ1) is 8.50. The summed E-state index contributed by atoms with van der Waals surface area (Å²) in [6.07, 6.45) is 2.61. The fourth-order valence-corrected chi connectivity index (χ4v) is 1.57. The number of nitro groups is 1. The smallest absolute Gasteiger partial charge is 0.336 e. The van der Waals surface area contributed by atoms with Crippen LogP contribution in [0.25, 0.3) is 5.69 Å². The average molecular weight is 248 g/mol. The number of carbonyl (C=O) groups is 1. The number of hydrogen-bond donors (Lipinski definition) is 1. The largest absolute Gasteiger partial charge is 0.478 e. The summed E-state index contributed by atoms with van der Waals surface area (Å²) in [6, 6.07) is 2.34. The molecule has 92 valence electrons. The van der Waals surface area contributed by atoms with E-state index in [1.54, 1.807) is 0 Å². The van der Waals surface area contributed by atoms with E-state index in [1.807, 2.05) is 0 Å². The lowest BCUT2D eigenvalue weighted by Gasteiger charge is -2.07. The van der Waals surface area contributed by atoms with Gasteiger partial charge in [-0.2, -0.15) is 5.10 Å². The van der Waals surface area contributed by atoms with Gasteiger partial charge in [0.25, 0.3) is 5.69 Å². The molecule has 8 nitrogen and oxygen atoms in total. The first-order valence-electron chi connectivity index (χ1n) is 4.88. The molecule has 0 amide bonds. The van der Waals surface area contributed by atoms with Crippen LogP contribution in [-0.2, 0) is 0 Å². The van der Waals surface area contributed by atoms with Crippen molar-refractivity contribution in [3.63, 3.8) is 0 Å². The predicted octanol–water partition coefficient (Wildman–Crippen LogP) is 1.18. The van der Waals surface area contributed by atoms with E-state index >= 15 is 0 Å². The van der Waals surface area contributed by atoms with Gasteiger partial charge in [-0.3, -0.25) is 10.1 Å². The van der Waals surface area contributed by atoms with Gasteiger partial charge >= 0.3 is 5.97 Å². The highest BCUT2D eigenvalue weighted by atomic mass is 16.6. The number of aromatic nitrogens is 3. The third kappa shape index (κ3) is 1.90. The summed E-state index contributed by atoms with van der Waals surface area (Å²) in [6.45, 7) is 1.53. The highest BCUT2D eigenvalue weighted by Gasteiger charge is 2.20. The van der Waals surface area contributed by atoms with Crippen molar-refractivity contribution in [2.24, 2.45) is 0 Å². The Kier molecular flexibility index (Phi) is 2.76. The molecule has 1 N–H and O–H groups in total. The summed E-state index contributed by atoms with van der Waals surface area (Å²) in [7, 11) is 0. The molecule has 2 rings (SSSR count). The minimum Gasteiger partial charge on any atom is -0.478 e. The lowest BCUT2D eigenvalue weighted by atomic mass is 10.1. The maximum Gasteiger partial charge on any atom is 0.336 e. The molecule has 0 saturated carbocycles. The van der Waals surface area contributed by atoms with Gasteiger partial charge in [-0.1, -0.05) is 0 Å². The molecule has 0 aliphatic heterocycles. The highest BCUT2D eigenvalue weighted by Crippen LogP contribution is 2.26. The molecule has 0 aliphatic rings. The molecule has 0 unspecified atom stereocenters. The molecule has 0 atom stereocenters. The van der Waals surface area contributed by atoms with Crippen LogP contribution in [0.3, 0.4) is 0 Å². The van der Waals surface area contributed by atoms with Crippen molar-refractivity contribution in [3.05, 3.63) is 46.0 Å². The van der Waals surface area contributed by atoms with Gasteiger partial charge in [-0.15, -0.1) is 0 Å². The summed E-state index contributed by atoms with van der Waals surface area (Å²) in [5.74, 6) is -1.24. The van der Waals surface area contributed by atoms with E-state index in [-0.39, 0.29) is 11.3 Å². The summed E-state index contributed by atoms with van der Waals surface area (Å²) < 4.78 is 1.29.